The molecule has 0 saturated heterocycles. The van der Waals surface area contributed by atoms with Crippen molar-refractivity contribution >= 4 is 50.6 Å². The van der Waals surface area contributed by atoms with E-state index in [1.807, 2.05) is 18.2 Å². The van der Waals surface area contributed by atoms with Crippen molar-refractivity contribution in [2.45, 2.75) is 167 Å². The zero-order valence-electron chi connectivity index (χ0n) is 35.3. The van der Waals surface area contributed by atoms with Gasteiger partial charge >= 0.3 is 5.97 Å². The Kier molecular flexibility index (Phi) is 12.1. The highest BCUT2D eigenvalue weighted by Crippen LogP contribution is 2.59. The van der Waals surface area contributed by atoms with Crippen LogP contribution in [-0.4, -0.2) is 67.9 Å². The molecule has 2 aliphatic carbocycles. The third-order valence-corrected chi connectivity index (χ3v) is 27.8. The number of rotatable bonds is 10. The van der Waals surface area contributed by atoms with Crippen LogP contribution in [0.4, 0.5) is 0 Å². The summed E-state index contributed by atoms with van der Waals surface area (Å²) in [5.41, 5.74) is -1.21. The van der Waals surface area contributed by atoms with Gasteiger partial charge in [-0.05, 0) is 72.1 Å². The number of aliphatic hydroxyl groups is 1. The number of esters is 1. The van der Waals surface area contributed by atoms with E-state index in [1.54, 1.807) is 0 Å². The second kappa shape index (κ2) is 14.0. The van der Waals surface area contributed by atoms with Crippen LogP contribution in [0.5, 0.6) is 5.75 Å². The predicted molar refractivity (Wildman–Crippen MR) is 217 cm³/mol. The van der Waals surface area contributed by atoms with Gasteiger partial charge < -0.3 is 23.1 Å². The molecule has 1 fully saturated rings. The Hall–Kier alpha value is -1.42. The molecule has 1 aromatic carbocycles. The van der Waals surface area contributed by atoms with Gasteiger partial charge in [0.1, 0.15) is 11.5 Å². The zero-order chi connectivity index (χ0) is 39.7. The van der Waals surface area contributed by atoms with E-state index in [0.717, 1.165) is 5.56 Å². The average molecular weight is 779 g/mol. The van der Waals surface area contributed by atoms with Crippen LogP contribution in [-0.2, 0) is 28.0 Å². The van der Waals surface area contributed by atoms with E-state index in [1.165, 1.54) is 6.92 Å². The minimum Gasteiger partial charge on any atom is -0.543 e. The molecule has 3 rings (SSSR count). The minimum absolute atomic E-state index is 0.0769. The first-order valence-corrected chi connectivity index (χ1v) is 31.2. The Labute approximate surface area is 313 Å². The third-order valence-electron chi connectivity index (χ3n) is 12.8. The van der Waals surface area contributed by atoms with Gasteiger partial charge in [-0.3, -0.25) is 9.59 Å². The monoisotopic (exact) mass is 778 g/mol. The normalized spacial score (nSPS) is 26.8. The van der Waals surface area contributed by atoms with E-state index in [0.29, 0.717) is 17.4 Å². The number of benzene rings is 1. The Morgan fingerprint density at radius 1 is 0.745 bits per heavy atom. The number of carbonyl (C=O) groups excluding carboxylic acids is 3. The maximum Gasteiger partial charge on any atom is 0.346 e. The topological polar surface area (TPSA) is 108 Å². The minimum atomic E-state index is -2.67. The Morgan fingerprint density at radius 3 is 1.67 bits per heavy atom. The molecular weight excluding hydrogens is 709 g/mol. The first-order valence-electron chi connectivity index (χ1n) is 18.8. The largest absolute Gasteiger partial charge is 0.543 e. The van der Waals surface area contributed by atoms with Crippen molar-refractivity contribution < 1.29 is 37.5 Å². The predicted octanol–water partition coefficient (Wildman–Crippen LogP) is 9.84. The Bertz CT molecular complexity index is 1490. The summed E-state index contributed by atoms with van der Waals surface area (Å²) in [5, 5.41) is 11.7. The summed E-state index contributed by atoms with van der Waals surface area (Å²) in [7, 11) is -9.29. The van der Waals surface area contributed by atoms with Gasteiger partial charge in [0.2, 0.25) is 13.9 Å². The van der Waals surface area contributed by atoms with Gasteiger partial charge in [-0.25, -0.2) is 4.79 Å². The molecule has 2 aliphatic rings. The van der Waals surface area contributed by atoms with Gasteiger partial charge in [-0.1, -0.05) is 101 Å². The molecule has 0 spiro atoms. The van der Waals surface area contributed by atoms with Crippen molar-refractivity contribution in [1.82, 2.24) is 0 Å². The van der Waals surface area contributed by atoms with Gasteiger partial charge in [-0.2, -0.15) is 0 Å². The molecule has 290 valence electrons. The summed E-state index contributed by atoms with van der Waals surface area (Å²) in [6.07, 6.45) is -1.77. The van der Waals surface area contributed by atoms with Crippen LogP contribution < -0.4 is 4.43 Å². The molecule has 51 heavy (non-hydrogen) atoms. The van der Waals surface area contributed by atoms with E-state index in [9.17, 15) is 14.7 Å². The smallest absolute Gasteiger partial charge is 0.346 e. The van der Waals surface area contributed by atoms with Crippen LogP contribution in [0.3, 0.4) is 0 Å². The number of Topliss-reactive ketones (excluding diaryl/α,β-unsaturated/α-hetero) is 2. The summed E-state index contributed by atoms with van der Waals surface area (Å²) in [6, 6.07) is 6.52. The van der Waals surface area contributed by atoms with Crippen LogP contribution in [0, 0.1) is 17.8 Å². The lowest BCUT2D eigenvalue weighted by Crippen LogP contribution is -2.67. The highest BCUT2D eigenvalue weighted by atomic mass is 28.4. The van der Waals surface area contributed by atoms with E-state index < -0.39 is 86.1 Å². The molecule has 0 aliphatic heterocycles. The number of ketones is 2. The molecule has 0 aromatic heterocycles. The van der Waals surface area contributed by atoms with Crippen molar-refractivity contribution in [2.24, 2.45) is 17.8 Å². The lowest BCUT2D eigenvalue weighted by Gasteiger charge is -2.54. The number of carbonyl (C=O) groups is 3. The van der Waals surface area contributed by atoms with E-state index in [4.69, 9.17) is 18.0 Å². The molecule has 1 aromatic rings. The summed E-state index contributed by atoms with van der Waals surface area (Å²) in [5.74, 6) is -5.11. The van der Waals surface area contributed by atoms with Gasteiger partial charge in [0, 0.05) is 13.6 Å². The quantitative estimate of drug-likeness (QED) is 0.142. The van der Waals surface area contributed by atoms with Crippen molar-refractivity contribution in [1.29, 1.82) is 0 Å². The van der Waals surface area contributed by atoms with Crippen LogP contribution in [0.25, 0.3) is 0 Å². The summed E-state index contributed by atoms with van der Waals surface area (Å²) in [4.78, 5) is 44.1. The molecular formula is C39H70O8Si4. The molecule has 0 unspecified atom stereocenters. The lowest BCUT2D eigenvalue weighted by atomic mass is 9.57. The first-order chi connectivity index (χ1) is 22.6. The number of fused-ring (bicyclic) bond motifs is 2. The molecule has 1 N–H and O–H groups in total. The van der Waals surface area contributed by atoms with Crippen molar-refractivity contribution in [3.63, 3.8) is 0 Å². The standard InChI is InChI=1S/C39H70O8Si4/c1-25-31(40)29-30(34(41)39(25,43)35(42)44-23-24-48(11,12)13)33(47-51(18,19)38(8,9)10)28-26(32(29)46-50(16,17)37(5,6)7)21-20-22-27(28)45-49(14,15)36(2,3)4/h20-22,25,29-30,32-33,43H,23-24H2,1-19H3/t25-,29+,30+,32+,33-,39+/m0/s1. The van der Waals surface area contributed by atoms with Crippen LogP contribution in [0.2, 0.25) is 80.1 Å². The molecule has 12 heteroatoms. The fourth-order valence-electron chi connectivity index (χ4n) is 6.06. The van der Waals surface area contributed by atoms with Crippen molar-refractivity contribution in [3.05, 3.63) is 29.3 Å². The highest BCUT2D eigenvalue weighted by Gasteiger charge is 2.68. The van der Waals surface area contributed by atoms with E-state index in [2.05, 4.69) is 121 Å². The molecule has 0 heterocycles. The molecule has 1 saturated carbocycles. The van der Waals surface area contributed by atoms with Gasteiger partial charge in [0.15, 0.2) is 22.4 Å². The SMILES string of the molecule is C[C@H]1C(=O)[C@H]2[C@@H](C(=O)[C@@]1(O)C(=O)OCC[Si](C)(C)C)[C@@H](O[Si](C)(C)C(C)(C)C)c1c(O[Si](C)(C)C(C)(C)C)cccc1[C@H]2O[Si](C)(C)C(C)(C)C. The van der Waals surface area contributed by atoms with Crippen LogP contribution >= 0.6 is 0 Å². The summed E-state index contributed by atoms with van der Waals surface area (Å²) < 4.78 is 27.2. The van der Waals surface area contributed by atoms with Gasteiger partial charge in [0.05, 0.1) is 36.6 Å². The molecule has 8 nitrogen and oxygen atoms in total. The summed E-state index contributed by atoms with van der Waals surface area (Å²) >= 11 is 0. The number of hydrogen-bond acceptors (Lipinski definition) is 8. The van der Waals surface area contributed by atoms with Crippen LogP contribution in [0.1, 0.15) is 92.6 Å². The molecule has 0 bridgehead atoms. The van der Waals surface area contributed by atoms with E-state index in [-0.39, 0.29) is 21.7 Å². The van der Waals surface area contributed by atoms with Crippen molar-refractivity contribution in [3.8, 4) is 5.75 Å². The molecule has 6 atom stereocenters. The fraction of sp³-hybridized carbons (Fsp3) is 0.769. The Balaban J connectivity index is 2.44. The first kappa shape index (κ1) is 44.0. The Morgan fingerprint density at radius 2 is 1.22 bits per heavy atom. The summed E-state index contributed by atoms with van der Waals surface area (Å²) in [6.45, 7) is 40.3. The number of hydrogen-bond donors (Lipinski definition) is 1. The zero-order valence-corrected chi connectivity index (χ0v) is 39.3. The van der Waals surface area contributed by atoms with Gasteiger partial charge in [-0.15, -0.1) is 0 Å². The maximum atomic E-state index is 15.2. The van der Waals surface area contributed by atoms with E-state index >= 15 is 4.79 Å². The van der Waals surface area contributed by atoms with Crippen LogP contribution in [0.15, 0.2) is 18.2 Å². The lowest BCUT2D eigenvalue weighted by molar-refractivity contribution is -0.192. The molecule has 0 amide bonds. The molecule has 0 radical (unpaired) electrons. The second-order valence-electron chi connectivity index (χ2n) is 21.0. The van der Waals surface area contributed by atoms with Crippen molar-refractivity contribution in [2.75, 3.05) is 6.61 Å². The average Bonchev–Trinajstić information content (AvgIpc) is 2.92. The maximum absolute atomic E-state index is 15.2. The number of ether oxygens (including phenoxy) is 1. The second-order valence-corrected chi connectivity index (χ2v) is 40.8. The highest BCUT2D eigenvalue weighted by molar-refractivity contribution is 6.76. The van der Waals surface area contributed by atoms with Gasteiger partial charge in [0.25, 0.3) is 0 Å². The third kappa shape index (κ3) is 8.47. The fourth-order valence-corrected chi connectivity index (χ4v) is 10.3.